The SMILES string of the molecule is NC1(c2cc(O)ccc2Br)CCCCC1. The van der Waals surface area contributed by atoms with Gasteiger partial charge in [0.1, 0.15) is 5.75 Å². The Labute approximate surface area is 98.6 Å². The molecule has 1 saturated carbocycles. The fourth-order valence-corrected chi connectivity index (χ4v) is 2.99. The minimum atomic E-state index is -0.254. The zero-order chi connectivity index (χ0) is 10.9. The summed E-state index contributed by atoms with van der Waals surface area (Å²) in [5.74, 6) is 0.295. The Morgan fingerprint density at radius 3 is 2.53 bits per heavy atom. The number of rotatable bonds is 1. The average Bonchev–Trinajstić information content (AvgIpc) is 2.23. The maximum atomic E-state index is 9.51. The van der Waals surface area contributed by atoms with E-state index < -0.39 is 0 Å². The van der Waals surface area contributed by atoms with Crippen LogP contribution in [0.5, 0.6) is 5.75 Å². The summed E-state index contributed by atoms with van der Waals surface area (Å²) in [5, 5.41) is 9.51. The van der Waals surface area contributed by atoms with Gasteiger partial charge in [-0.1, -0.05) is 35.2 Å². The highest BCUT2D eigenvalue weighted by atomic mass is 79.9. The largest absolute Gasteiger partial charge is 0.508 e. The molecule has 0 bridgehead atoms. The molecule has 15 heavy (non-hydrogen) atoms. The fraction of sp³-hybridized carbons (Fsp3) is 0.500. The Hall–Kier alpha value is -0.540. The summed E-state index contributed by atoms with van der Waals surface area (Å²) in [6.07, 6.45) is 5.65. The highest BCUT2D eigenvalue weighted by Crippen LogP contribution is 2.39. The van der Waals surface area contributed by atoms with Crippen molar-refractivity contribution in [1.82, 2.24) is 0 Å². The summed E-state index contributed by atoms with van der Waals surface area (Å²) in [6, 6.07) is 5.34. The second-order valence-corrected chi connectivity index (χ2v) is 5.24. The van der Waals surface area contributed by atoms with Crippen LogP contribution in [-0.4, -0.2) is 5.11 Å². The topological polar surface area (TPSA) is 46.2 Å². The fourth-order valence-electron chi connectivity index (χ4n) is 2.35. The first-order valence-electron chi connectivity index (χ1n) is 5.40. The molecule has 82 valence electrons. The van der Waals surface area contributed by atoms with Crippen molar-refractivity contribution < 1.29 is 5.11 Å². The third-order valence-corrected chi connectivity index (χ3v) is 3.92. The van der Waals surface area contributed by atoms with Gasteiger partial charge in [0.25, 0.3) is 0 Å². The van der Waals surface area contributed by atoms with E-state index >= 15 is 0 Å². The first-order chi connectivity index (χ1) is 7.12. The first kappa shape index (κ1) is 11.0. The zero-order valence-corrected chi connectivity index (χ0v) is 10.3. The van der Waals surface area contributed by atoms with Gasteiger partial charge in [-0.05, 0) is 36.6 Å². The van der Waals surface area contributed by atoms with Gasteiger partial charge in [-0.2, -0.15) is 0 Å². The Kier molecular flexibility index (Phi) is 3.03. The third-order valence-electron chi connectivity index (χ3n) is 3.23. The van der Waals surface area contributed by atoms with Crippen LogP contribution in [0.1, 0.15) is 37.7 Å². The molecule has 0 aromatic heterocycles. The van der Waals surface area contributed by atoms with E-state index in [1.807, 2.05) is 6.07 Å². The molecule has 3 heteroatoms. The van der Waals surface area contributed by atoms with Gasteiger partial charge in [-0.3, -0.25) is 0 Å². The molecule has 0 amide bonds. The quantitative estimate of drug-likeness (QED) is 0.822. The van der Waals surface area contributed by atoms with Crippen molar-refractivity contribution in [1.29, 1.82) is 0 Å². The van der Waals surface area contributed by atoms with Crippen molar-refractivity contribution in [3.05, 3.63) is 28.2 Å². The number of nitrogens with two attached hydrogens (primary N) is 1. The smallest absolute Gasteiger partial charge is 0.116 e. The molecule has 2 rings (SSSR count). The van der Waals surface area contributed by atoms with Gasteiger partial charge in [-0.25, -0.2) is 0 Å². The maximum absolute atomic E-state index is 9.51. The second kappa shape index (κ2) is 4.14. The lowest BCUT2D eigenvalue weighted by Crippen LogP contribution is -2.38. The van der Waals surface area contributed by atoms with Crippen LogP contribution in [0.25, 0.3) is 0 Å². The molecule has 1 aliphatic carbocycles. The van der Waals surface area contributed by atoms with Gasteiger partial charge in [0.2, 0.25) is 0 Å². The summed E-state index contributed by atoms with van der Waals surface area (Å²) in [4.78, 5) is 0. The van der Waals surface area contributed by atoms with Crippen LogP contribution in [0.2, 0.25) is 0 Å². The van der Waals surface area contributed by atoms with Gasteiger partial charge in [0.15, 0.2) is 0 Å². The summed E-state index contributed by atoms with van der Waals surface area (Å²) in [5.41, 5.74) is 7.20. The zero-order valence-electron chi connectivity index (χ0n) is 8.67. The van der Waals surface area contributed by atoms with Gasteiger partial charge in [-0.15, -0.1) is 0 Å². The Morgan fingerprint density at radius 1 is 1.20 bits per heavy atom. The molecular formula is C12H16BrNO. The number of hydrogen-bond donors (Lipinski definition) is 2. The number of aromatic hydroxyl groups is 1. The summed E-state index contributed by atoms with van der Waals surface area (Å²) in [6.45, 7) is 0. The number of phenolic OH excluding ortho intramolecular Hbond substituents is 1. The van der Waals surface area contributed by atoms with E-state index in [-0.39, 0.29) is 5.54 Å². The van der Waals surface area contributed by atoms with Crippen molar-refractivity contribution in [3.8, 4) is 5.75 Å². The van der Waals surface area contributed by atoms with Gasteiger partial charge in [0, 0.05) is 10.0 Å². The van der Waals surface area contributed by atoms with Gasteiger partial charge in [0.05, 0.1) is 0 Å². The van der Waals surface area contributed by atoms with E-state index in [1.165, 1.54) is 19.3 Å². The van der Waals surface area contributed by atoms with E-state index in [1.54, 1.807) is 12.1 Å². The average molecular weight is 270 g/mol. The minimum Gasteiger partial charge on any atom is -0.508 e. The van der Waals surface area contributed by atoms with Crippen LogP contribution in [0.15, 0.2) is 22.7 Å². The predicted molar refractivity (Wildman–Crippen MR) is 64.8 cm³/mol. The molecule has 2 nitrogen and oxygen atoms in total. The molecule has 1 aliphatic rings. The third kappa shape index (κ3) is 2.18. The van der Waals surface area contributed by atoms with Crippen LogP contribution in [0.3, 0.4) is 0 Å². The van der Waals surface area contributed by atoms with Crippen molar-refractivity contribution in [2.45, 2.75) is 37.6 Å². The first-order valence-corrected chi connectivity index (χ1v) is 6.19. The maximum Gasteiger partial charge on any atom is 0.116 e. The van der Waals surface area contributed by atoms with E-state index in [9.17, 15) is 5.11 Å². The molecular weight excluding hydrogens is 254 g/mol. The van der Waals surface area contributed by atoms with Gasteiger partial charge >= 0.3 is 0 Å². The highest BCUT2D eigenvalue weighted by molar-refractivity contribution is 9.10. The van der Waals surface area contributed by atoms with Crippen molar-refractivity contribution in [2.24, 2.45) is 5.73 Å². The van der Waals surface area contributed by atoms with Crippen molar-refractivity contribution in [3.63, 3.8) is 0 Å². The molecule has 0 spiro atoms. The monoisotopic (exact) mass is 269 g/mol. The highest BCUT2D eigenvalue weighted by Gasteiger charge is 2.31. The van der Waals surface area contributed by atoms with Gasteiger partial charge < -0.3 is 10.8 Å². The molecule has 3 N–H and O–H groups in total. The lowest BCUT2D eigenvalue weighted by Gasteiger charge is -2.34. The van der Waals surface area contributed by atoms with Crippen molar-refractivity contribution in [2.75, 3.05) is 0 Å². The molecule has 0 aliphatic heterocycles. The Morgan fingerprint density at radius 2 is 1.87 bits per heavy atom. The normalized spacial score (nSPS) is 20.1. The summed E-state index contributed by atoms with van der Waals surface area (Å²) >= 11 is 3.51. The molecule has 0 radical (unpaired) electrons. The summed E-state index contributed by atoms with van der Waals surface area (Å²) < 4.78 is 1.00. The molecule has 1 aromatic rings. The van der Waals surface area contributed by atoms with E-state index in [2.05, 4.69) is 15.9 Å². The van der Waals surface area contributed by atoms with E-state index in [0.29, 0.717) is 5.75 Å². The lowest BCUT2D eigenvalue weighted by molar-refractivity contribution is 0.300. The van der Waals surface area contributed by atoms with Crippen LogP contribution in [0, 0.1) is 0 Å². The van der Waals surface area contributed by atoms with Crippen LogP contribution in [0.4, 0.5) is 0 Å². The lowest BCUT2D eigenvalue weighted by atomic mass is 9.77. The van der Waals surface area contributed by atoms with Crippen LogP contribution in [-0.2, 0) is 5.54 Å². The molecule has 0 saturated heterocycles. The molecule has 1 fully saturated rings. The number of benzene rings is 1. The van der Waals surface area contributed by atoms with Crippen molar-refractivity contribution >= 4 is 15.9 Å². The molecule has 1 aromatic carbocycles. The molecule has 0 unspecified atom stereocenters. The number of hydrogen-bond acceptors (Lipinski definition) is 2. The minimum absolute atomic E-state index is 0.254. The predicted octanol–water partition coefficient (Wildman–Crippen LogP) is 3.27. The molecule has 0 heterocycles. The van der Waals surface area contributed by atoms with E-state index in [0.717, 1.165) is 22.9 Å². The Bertz CT molecular complexity index is 359. The molecule has 0 atom stereocenters. The standard InChI is InChI=1S/C12H16BrNO/c13-11-5-4-9(15)8-10(11)12(14)6-2-1-3-7-12/h4-5,8,15H,1-3,6-7,14H2. The second-order valence-electron chi connectivity index (χ2n) is 4.38. The van der Waals surface area contributed by atoms with E-state index in [4.69, 9.17) is 5.73 Å². The number of halogens is 1. The Balaban J connectivity index is 2.38. The summed E-state index contributed by atoms with van der Waals surface area (Å²) in [7, 11) is 0. The van der Waals surface area contributed by atoms with Crippen LogP contribution < -0.4 is 5.73 Å². The van der Waals surface area contributed by atoms with Crippen LogP contribution >= 0.6 is 15.9 Å². The number of phenols is 1.